The van der Waals surface area contributed by atoms with E-state index in [1.807, 2.05) is 0 Å². The van der Waals surface area contributed by atoms with Gasteiger partial charge in [0, 0.05) is 6.54 Å². The predicted octanol–water partition coefficient (Wildman–Crippen LogP) is 0.218. The molecule has 0 aliphatic carbocycles. The van der Waals surface area contributed by atoms with E-state index in [1.165, 1.54) is 0 Å². The van der Waals surface area contributed by atoms with Gasteiger partial charge in [0.2, 0.25) is 0 Å². The van der Waals surface area contributed by atoms with Gasteiger partial charge in [-0.15, -0.1) is 0 Å². The van der Waals surface area contributed by atoms with E-state index in [1.54, 1.807) is 0 Å². The van der Waals surface area contributed by atoms with Gasteiger partial charge in [-0.05, 0) is 38.3 Å². The van der Waals surface area contributed by atoms with Gasteiger partial charge in [-0.3, -0.25) is 4.79 Å². The van der Waals surface area contributed by atoms with Gasteiger partial charge in [0.25, 0.3) is 0 Å². The van der Waals surface area contributed by atoms with Gasteiger partial charge in [-0.25, -0.2) is 8.42 Å². The highest BCUT2D eigenvalue weighted by Gasteiger charge is 2.38. The van der Waals surface area contributed by atoms with E-state index in [0.29, 0.717) is 13.0 Å². The highest BCUT2D eigenvalue weighted by atomic mass is 32.2. The minimum atomic E-state index is -2.99. The number of hydrogen-bond acceptors (Lipinski definition) is 4. The van der Waals surface area contributed by atoms with E-state index in [0.717, 1.165) is 25.9 Å². The Morgan fingerprint density at radius 3 is 2.47 bits per heavy atom. The van der Waals surface area contributed by atoms with Crippen LogP contribution in [0.3, 0.4) is 0 Å². The molecule has 1 N–H and O–H groups in total. The third kappa shape index (κ3) is 3.19. The molecular weight excluding hydrogens is 242 g/mol. The third-order valence-electron chi connectivity index (χ3n) is 3.81. The Hall–Kier alpha value is -0.620. The average Bonchev–Trinajstić information content (AvgIpc) is 2.83. The molecule has 2 aliphatic rings. The first-order valence-electron chi connectivity index (χ1n) is 6.13. The molecule has 0 bridgehead atoms. The summed E-state index contributed by atoms with van der Waals surface area (Å²) in [4.78, 5) is 13.4. The number of carboxylic acid groups (broad SMARTS) is 1. The van der Waals surface area contributed by atoms with Gasteiger partial charge >= 0.3 is 5.97 Å². The lowest BCUT2D eigenvalue weighted by atomic mass is 9.91. The zero-order valence-electron chi connectivity index (χ0n) is 9.84. The van der Waals surface area contributed by atoms with Crippen LogP contribution in [-0.4, -0.2) is 55.5 Å². The summed E-state index contributed by atoms with van der Waals surface area (Å²) >= 11 is 0. The number of likely N-dealkylation sites (tertiary alicyclic amines) is 1. The van der Waals surface area contributed by atoms with Crippen LogP contribution in [0.4, 0.5) is 0 Å². The summed E-state index contributed by atoms with van der Waals surface area (Å²) in [7, 11) is -2.99. The molecule has 0 saturated carbocycles. The molecule has 0 aromatic rings. The van der Waals surface area contributed by atoms with Gasteiger partial charge in [-0.2, -0.15) is 0 Å². The van der Waals surface area contributed by atoms with Crippen LogP contribution in [0, 0.1) is 11.8 Å². The minimum Gasteiger partial charge on any atom is -0.481 e. The molecule has 2 aliphatic heterocycles. The van der Waals surface area contributed by atoms with Gasteiger partial charge in [-0.1, -0.05) is 0 Å². The smallest absolute Gasteiger partial charge is 0.308 e. The maximum Gasteiger partial charge on any atom is 0.308 e. The lowest BCUT2D eigenvalue weighted by Gasteiger charge is -2.24. The van der Waals surface area contributed by atoms with E-state index in [4.69, 9.17) is 0 Å². The van der Waals surface area contributed by atoms with E-state index in [9.17, 15) is 18.3 Å². The molecule has 5 nitrogen and oxygen atoms in total. The standard InChI is InChI=1S/C11H19NO4S/c13-11(14)10(7-12-4-1-2-5-12)9-3-6-17(15,16)8-9/h9-10H,1-8H2,(H,13,14). The van der Waals surface area contributed by atoms with E-state index in [-0.39, 0.29) is 17.4 Å². The Kier molecular flexibility index (Phi) is 3.73. The second kappa shape index (κ2) is 4.94. The molecule has 2 atom stereocenters. The fourth-order valence-corrected chi connectivity index (χ4v) is 4.69. The molecule has 2 fully saturated rings. The number of sulfone groups is 1. The predicted molar refractivity (Wildman–Crippen MR) is 63.6 cm³/mol. The second-order valence-corrected chi connectivity index (χ2v) is 7.34. The fraction of sp³-hybridized carbons (Fsp3) is 0.909. The number of aliphatic carboxylic acids is 1. The van der Waals surface area contributed by atoms with Crippen molar-refractivity contribution < 1.29 is 18.3 Å². The molecule has 0 spiro atoms. The molecule has 2 saturated heterocycles. The maximum absolute atomic E-state index is 11.4. The topological polar surface area (TPSA) is 74.7 Å². The molecule has 17 heavy (non-hydrogen) atoms. The molecule has 2 rings (SSSR count). The van der Waals surface area contributed by atoms with Crippen LogP contribution in [-0.2, 0) is 14.6 Å². The van der Waals surface area contributed by atoms with Crippen molar-refractivity contribution in [3.63, 3.8) is 0 Å². The second-order valence-electron chi connectivity index (χ2n) is 5.12. The SMILES string of the molecule is O=C(O)C(CN1CCCC1)C1CCS(=O)(=O)C1. The van der Waals surface area contributed by atoms with Crippen LogP contribution >= 0.6 is 0 Å². The van der Waals surface area contributed by atoms with Gasteiger partial charge in [0.15, 0.2) is 9.84 Å². The van der Waals surface area contributed by atoms with Crippen molar-refractivity contribution in [1.82, 2.24) is 4.90 Å². The molecule has 0 aromatic carbocycles. The average molecular weight is 261 g/mol. The normalized spacial score (nSPS) is 30.5. The van der Waals surface area contributed by atoms with Gasteiger partial charge in [0.05, 0.1) is 17.4 Å². The third-order valence-corrected chi connectivity index (χ3v) is 5.60. The van der Waals surface area contributed by atoms with E-state index < -0.39 is 21.7 Å². The molecule has 6 heteroatoms. The highest BCUT2D eigenvalue weighted by Crippen LogP contribution is 2.27. The zero-order chi connectivity index (χ0) is 12.5. The zero-order valence-corrected chi connectivity index (χ0v) is 10.7. The first kappa shape index (κ1) is 12.8. The Balaban J connectivity index is 1.99. The molecule has 0 radical (unpaired) electrons. The lowest BCUT2D eigenvalue weighted by Crippen LogP contribution is -2.36. The Bertz CT molecular complexity index is 386. The van der Waals surface area contributed by atoms with Crippen molar-refractivity contribution in [2.75, 3.05) is 31.1 Å². The van der Waals surface area contributed by atoms with Crippen molar-refractivity contribution in [2.45, 2.75) is 19.3 Å². The van der Waals surface area contributed by atoms with Crippen molar-refractivity contribution in [1.29, 1.82) is 0 Å². The number of rotatable bonds is 4. The summed E-state index contributed by atoms with van der Waals surface area (Å²) in [6.45, 7) is 2.40. The summed E-state index contributed by atoms with van der Waals surface area (Å²) in [5.74, 6) is -1.36. The Morgan fingerprint density at radius 2 is 2.00 bits per heavy atom. The summed E-state index contributed by atoms with van der Waals surface area (Å²) in [6, 6.07) is 0. The molecule has 98 valence electrons. The van der Waals surface area contributed by atoms with Crippen molar-refractivity contribution in [3.8, 4) is 0 Å². The lowest BCUT2D eigenvalue weighted by molar-refractivity contribution is -0.144. The van der Waals surface area contributed by atoms with Crippen LogP contribution in [0.2, 0.25) is 0 Å². The molecule has 0 amide bonds. The van der Waals surface area contributed by atoms with Crippen LogP contribution in [0.5, 0.6) is 0 Å². The highest BCUT2D eigenvalue weighted by molar-refractivity contribution is 7.91. The monoisotopic (exact) mass is 261 g/mol. The first-order valence-corrected chi connectivity index (χ1v) is 7.96. The van der Waals surface area contributed by atoms with E-state index in [2.05, 4.69) is 4.90 Å². The van der Waals surface area contributed by atoms with Crippen molar-refractivity contribution in [2.24, 2.45) is 11.8 Å². The van der Waals surface area contributed by atoms with Crippen molar-refractivity contribution in [3.05, 3.63) is 0 Å². The summed E-state index contributed by atoms with van der Waals surface area (Å²) in [5, 5.41) is 9.24. The molecule has 2 unspecified atom stereocenters. The van der Waals surface area contributed by atoms with Gasteiger partial charge < -0.3 is 10.0 Å². The summed E-state index contributed by atoms with van der Waals surface area (Å²) in [6.07, 6.45) is 2.75. The first-order chi connectivity index (χ1) is 7.98. The van der Waals surface area contributed by atoms with Crippen molar-refractivity contribution >= 4 is 15.8 Å². The molecular formula is C11H19NO4S. The summed E-state index contributed by atoms with van der Waals surface area (Å²) < 4.78 is 22.8. The fourth-order valence-electron chi connectivity index (χ4n) is 2.81. The van der Waals surface area contributed by atoms with Crippen LogP contribution in [0.1, 0.15) is 19.3 Å². The van der Waals surface area contributed by atoms with Gasteiger partial charge in [0.1, 0.15) is 0 Å². The van der Waals surface area contributed by atoms with Crippen LogP contribution < -0.4 is 0 Å². The van der Waals surface area contributed by atoms with Crippen LogP contribution in [0.15, 0.2) is 0 Å². The Morgan fingerprint density at radius 1 is 1.35 bits per heavy atom. The number of carbonyl (C=O) groups is 1. The summed E-state index contributed by atoms with van der Waals surface area (Å²) in [5.41, 5.74) is 0. The Labute approximate surface area is 102 Å². The largest absolute Gasteiger partial charge is 0.481 e. The van der Waals surface area contributed by atoms with Crippen LogP contribution in [0.25, 0.3) is 0 Å². The van der Waals surface area contributed by atoms with E-state index >= 15 is 0 Å². The minimum absolute atomic E-state index is 0.0534. The number of carboxylic acids is 1. The number of nitrogens with zero attached hydrogens (tertiary/aromatic N) is 1. The maximum atomic E-state index is 11.4. The number of hydrogen-bond donors (Lipinski definition) is 1. The molecule has 0 aromatic heterocycles. The quantitative estimate of drug-likeness (QED) is 0.783. The molecule has 2 heterocycles.